The van der Waals surface area contributed by atoms with Crippen molar-refractivity contribution in [2.45, 2.75) is 24.7 Å². The number of carbonyl (C=O) groups is 1. The molecule has 32 heavy (non-hydrogen) atoms. The molecule has 1 aliphatic rings. The first-order valence-electron chi connectivity index (χ1n) is 10.1. The van der Waals surface area contributed by atoms with Crippen LogP contribution in [0.4, 0.5) is 5.13 Å². The van der Waals surface area contributed by atoms with Crippen LogP contribution in [0.2, 0.25) is 10.0 Å². The minimum Gasteiger partial charge on any atom is -0.298 e. The fourth-order valence-corrected chi connectivity index (χ4v) is 6.30. The normalized spacial score (nSPS) is 17.3. The van der Waals surface area contributed by atoms with Crippen LogP contribution in [-0.4, -0.2) is 36.7 Å². The highest BCUT2D eigenvalue weighted by Crippen LogP contribution is 2.33. The number of piperidine rings is 1. The minimum absolute atomic E-state index is 0.190. The van der Waals surface area contributed by atoms with Crippen molar-refractivity contribution in [3.8, 4) is 11.3 Å². The average Bonchev–Trinajstić information content (AvgIpc) is 3.23. The van der Waals surface area contributed by atoms with Crippen molar-refractivity contribution in [3.05, 3.63) is 63.5 Å². The van der Waals surface area contributed by atoms with Crippen molar-refractivity contribution in [3.63, 3.8) is 0 Å². The number of carbonyl (C=O) groups excluding carboxylic acids is 1. The zero-order valence-electron chi connectivity index (χ0n) is 17.2. The van der Waals surface area contributed by atoms with Crippen molar-refractivity contribution in [1.29, 1.82) is 0 Å². The molecule has 168 valence electrons. The van der Waals surface area contributed by atoms with Gasteiger partial charge in [-0.2, -0.15) is 4.31 Å². The Labute approximate surface area is 201 Å². The van der Waals surface area contributed by atoms with Gasteiger partial charge in [-0.05, 0) is 61.2 Å². The van der Waals surface area contributed by atoms with Gasteiger partial charge in [-0.3, -0.25) is 10.1 Å². The number of amides is 1. The first kappa shape index (κ1) is 23.2. The number of thiazole rings is 1. The summed E-state index contributed by atoms with van der Waals surface area (Å²) < 4.78 is 27.3. The molecule has 10 heteroatoms. The molecular weight excluding hydrogens is 489 g/mol. The third kappa shape index (κ3) is 5.00. The molecule has 1 aliphatic heterocycles. The van der Waals surface area contributed by atoms with Crippen molar-refractivity contribution in [2.24, 2.45) is 5.92 Å². The quantitative estimate of drug-likeness (QED) is 0.471. The minimum atomic E-state index is -3.56. The topological polar surface area (TPSA) is 79.4 Å². The fourth-order valence-electron chi connectivity index (χ4n) is 3.61. The highest BCUT2D eigenvalue weighted by Gasteiger charge is 2.28. The number of halogens is 2. The fraction of sp³-hybridized carbons (Fsp3) is 0.273. The van der Waals surface area contributed by atoms with E-state index in [1.165, 1.54) is 39.9 Å². The largest absolute Gasteiger partial charge is 0.298 e. The van der Waals surface area contributed by atoms with Crippen molar-refractivity contribution >= 4 is 55.6 Å². The number of rotatable bonds is 5. The summed E-state index contributed by atoms with van der Waals surface area (Å²) in [6.07, 6.45) is 1.89. The van der Waals surface area contributed by atoms with E-state index in [4.69, 9.17) is 23.2 Å². The Morgan fingerprint density at radius 2 is 1.94 bits per heavy atom. The molecule has 0 aliphatic carbocycles. The Morgan fingerprint density at radius 1 is 1.19 bits per heavy atom. The summed E-state index contributed by atoms with van der Waals surface area (Å²) in [5.74, 6) is -0.0350. The summed E-state index contributed by atoms with van der Waals surface area (Å²) in [5, 5.41) is 5.98. The summed E-state index contributed by atoms with van der Waals surface area (Å²) in [4.78, 5) is 17.2. The Bertz CT molecular complexity index is 1240. The SMILES string of the molecule is CC1CCCN(S(=O)(=O)c2ccc(C(=O)Nc3nc(-c4cc(Cl)ccc4Cl)cs3)cc2)C1. The van der Waals surface area contributed by atoms with Gasteiger partial charge in [0.15, 0.2) is 5.13 Å². The monoisotopic (exact) mass is 509 g/mol. The molecule has 0 saturated carbocycles. The molecule has 1 unspecified atom stereocenters. The highest BCUT2D eigenvalue weighted by atomic mass is 35.5. The highest BCUT2D eigenvalue weighted by molar-refractivity contribution is 7.89. The van der Waals surface area contributed by atoms with E-state index in [2.05, 4.69) is 17.2 Å². The first-order chi connectivity index (χ1) is 15.2. The number of aromatic nitrogens is 1. The van der Waals surface area contributed by atoms with Gasteiger partial charge < -0.3 is 0 Å². The van der Waals surface area contributed by atoms with E-state index in [-0.39, 0.29) is 10.8 Å². The van der Waals surface area contributed by atoms with Crippen molar-refractivity contribution in [2.75, 3.05) is 18.4 Å². The molecule has 0 radical (unpaired) electrons. The predicted octanol–water partition coefficient (Wildman–Crippen LogP) is 5.79. The number of benzene rings is 2. The average molecular weight is 510 g/mol. The molecular formula is C22H21Cl2N3O3S2. The molecule has 2 aromatic carbocycles. The Balaban J connectivity index is 1.47. The molecule has 1 N–H and O–H groups in total. The number of hydrogen-bond donors (Lipinski definition) is 1. The molecule has 3 aromatic rings. The zero-order chi connectivity index (χ0) is 22.9. The molecule has 1 atom stereocenters. The van der Waals surface area contributed by atoms with E-state index in [0.717, 1.165) is 12.8 Å². The van der Waals surface area contributed by atoms with Crippen LogP contribution in [0.15, 0.2) is 52.7 Å². The summed E-state index contributed by atoms with van der Waals surface area (Å²) in [7, 11) is -3.56. The van der Waals surface area contributed by atoms with Gasteiger partial charge in [-0.15, -0.1) is 11.3 Å². The molecule has 1 fully saturated rings. The maximum Gasteiger partial charge on any atom is 0.257 e. The molecule has 6 nitrogen and oxygen atoms in total. The van der Waals surface area contributed by atoms with E-state index in [1.54, 1.807) is 23.6 Å². The summed E-state index contributed by atoms with van der Waals surface area (Å²) >= 11 is 13.5. The molecule has 4 rings (SSSR count). The van der Waals surface area contributed by atoms with E-state index in [0.29, 0.717) is 51.0 Å². The molecule has 1 amide bonds. The Hall–Kier alpha value is -1.97. The van der Waals surface area contributed by atoms with Gasteiger partial charge in [0, 0.05) is 34.6 Å². The lowest BCUT2D eigenvalue weighted by Crippen LogP contribution is -2.39. The van der Waals surface area contributed by atoms with E-state index < -0.39 is 10.0 Å². The number of sulfonamides is 1. The van der Waals surface area contributed by atoms with Crippen LogP contribution in [-0.2, 0) is 10.0 Å². The lowest BCUT2D eigenvalue weighted by Gasteiger charge is -2.30. The van der Waals surface area contributed by atoms with Crippen LogP contribution in [0, 0.1) is 5.92 Å². The van der Waals surface area contributed by atoms with Gasteiger partial charge in [-0.25, -0.2) is 13.4 Å². The van der Waals surface area contributed by atoms with E-state index in [1.807, 2.05) is 0 Å². The zero-order valence-corrected chi connectivity index (χ0v) is 20.4. The second-order valence-corrected chi connectivity index (χ2v) is 11.4. The van der Waals surface area contributed by atoms with E-state index >= 15 is 0 Å². The van der Waals surface area contributed by atoms with Crippen molar-refractivity contribution in [1.82, 2.24) is 9.29 Å². The van der Waals surface area contributed by atoms with Gasteiger partial charge in [0.1, 0.15) is 0 Å². The number of nitrogens with zero attached hydrogens (tertiary/aromatic N) is 2. The molecule has 2 heterocycles. The Kier molecular flexibility index (Phi) is 6.88. The third-order valence-electron chi connectivity index (χ3n) is 5.30. The second-order valence-electron chi connectivity index (χ2n) is 7.75. The predicted molar refractivity (Wildman–Crippen MR) is 129 cm³/mol. The standard InChI is InChI=1S/C22H21Cl2N3O3S2/c1-14-3-2-10-27(12-14)32(29,30)17-7-4-15(5-8-17)21(28)26-22-25-20(13-31-22)18-11-16(23)6-9-19(18)24/h4-9,11,13-14H,2-3,10,12H2,1H3,(H,25,26,28). The summed E-state index contributed by atoms with van der Waals surface area (Å²) in [6, 6.07) is 11.1. The lowest BCUT2D eigenvalue weighted by atomic mass is 10.0. The van der Waals surface area contributed by atoms with E-state index in [9.17, 15) is 13.2 Å². The second kappa shape index (κ2) is 9.49. The van der Waals surface area contributed by atoms with Gasteiger partial charge >= 0.3 is 0 Å². The van der Waals surface area contributed by atoms with Crippen LogP contribution >= 0.6 is 34.5 Å². The summed E-state index contributed by atoms with van der Waals surface area (Å²) in [6.45, 7) is 3.10. The van der Waals surface area contributed by atoms with Crippen LogP contribution in [0.5, 0.6) is 0 Å². The third-order valence-corrected chi connectivity index (χ3v) is 8.50. The molecule has 1 saturated heterocycles. The maximum absolute atomic E-state index is 12.9. The van der Waals surface area contributed by atoms with Crippen LogP contribution < -0.4 is 5.32 Å². The molecule has 1 aromatic heterocycles. The van der Waals surface area contributed by atoms with Gasteiger partial charge in [0.05, 0.1) is 15.6 Å². The number of hydrogen-bond acceptors (Lipinski definition) is 5. The maximum atomic E-state index is 12.9. The van der Waals surface area contributed by atoms with Crippen LogP contribution in [0.25, 0.3) is 11.3 Å². The van der Waals surface area contributed by atoms with Gasteiger partial charge in [-0.1, -0.05) is 30.1 Å². The number of anilines is 1. The Morgan fingerprint density at radius 3 is 2.66 bits per heavy atom. The number of nitrogens with one attached hydrogen (secondary N) is 1. The summed E-state index contributed by atoms with van der Waals surface area (Å²) in [5.41, 5.74) is 1.63. The van der Waals surface area contributed by atoms with Gasteiger partial charge in [0.25, 0.3) is 5.91 Å². The smallest absolute Gasteiger partial charge is 0.257 e. The lowest BCUT2D eigenvalue weighted by molar-refractivity contribution is 0.102. The van der Waals surface area contributed by atoms with Crippen LogP contribution in [0.3, 0.4) is 0 Å². The van der Waals surface area contributed by atoms with Crippen LogP contribution in [0.1, 0.15) is 30.1 Å². The molecule has 0 bridgehead atoms. The van der Waals surface area contributed by atoms with Gasteiger partial charge in [0.2, 0.25) is 10.0 Å². The first-order valence-corrected chi connectivity index (χ1v) is 13.1. The molecule has 0 spiro atoms. The van der Waals surface area contributed by atoms with Crippen molar-refractivity contribution < 1.29 is 13.2 Å².